The van der Waals surface area contributed by atoms with Crippen molar-refractivity contribution in [3.8, 4) is 28.2 Å². The lowest BCUT2D eigenvalue weighted by Crippen LogP contribution is -1.91. The fraction of sp³-hybridized carbons (Fsp3) is 0.125. The molecule has 0 bridgehead atoms. The lowest BCUT2D eigenvalue weighted by molar-refractivity contribution is 0.340. The molecular weight excluding hydrogens is 266 g/mol. The summed E-state index contributed by atoms with van der Waals surface area (Å²) in [6.45, 7) is 2.58. The van der Waals surface area contributed by atoms with Gasteiger partial charge < -0.3 is 15.0 Å². The minimum Gasteiger partial charge on any atom is -0.494 e. The van der Waals surface area contributed by atoms with E-state index in [-0.39, 0.29) is 0 Å². The first-order valence-electron chi connectivity index (χ1n) is 6.68. The molecule has 0 radical (unpaired) electrons. The standard InChI is InChI=1S/C16H15N3O2/c1-2-20-13-7-5-11(6-8-13)15-14(16(17)19-21-15)12-4-3-9-18-10-12/h3-10H,2H2,1H3,(H2,17,19). The highest BCUT2D eigenvalue weighted by atomic mass is 16.5. The summed E-state index contributed by atoms with van der Waals surface area (Å²) in [6.07, 6.45) is 3.45. The van der Waals surface area contributed by atoms with Crippen LogP contribution in [0.2, 0.25) is 0 Å². The van der Waals surface area contributed by atoms with Crippen molar-refractivity contribution in [1.82, 2.24) is 10.1 Å². The van der Waals surface area contributed by atoms with E-state index in [1.165, 1.54) is 0 Å². The number of anilines is 1. The minimum absolute atomic E-state index is 0.354. The van der Waals surface area contributed by atoms with Crippen molar-refractivity contribution < 1.29 is 9.26 Å². The molecule has 5 nitrogen and oxygen atoms in total. The van der Waals surface area contributed by atoms with Crippen LogP contribution in [0.15, 0.2) is 53.3 Å². The number of nitrogens with zero attached hydrogens (tertiary/aromatic N) is 2. The van der Waals surface area contributed by atoms with Crippen molar-refractivity contribution in [3.05, 3.63) is 48.8 Å². The van der Waals surface area contributed by atoms with Gasteiger partial charge >= 0.3 is 0 Å². The lowest BCUT2D eigenvalue weighted by Gasteiger charge is -2.05. The Balaban J connectivity index is 2.03. The molecule has 0 aliphatic carbocycles. The maximum Gasteiger partial charge on any atom is 0.176 e. The third kappa shape index (κ3) is 2.58. The van der Waals surface area contributed by atoms with Crippen LogP contribution in [-0.2, 0) is 0 Å². The fourth-order valence-corrected chi connectivity index (χ4v) is 2.16. The largest absolute Gasteiger partial charge is 0.494 e. The Bertz CT molecular complexity index is 721. The first kappa shape index (κ1) is 13.2. The third-order valence-corrected chi connectivity index (χ3v) is 3.10. The van der Waals surface area contributed by atoms with Gasteiger partial charge in [-0.15, -0.1) is 0 Å². The van der Waals surface area contributed by atoms with E-state index in [0.717, 1.165) is 22.4 Å². The molecule has 3 aromatic rings. The van der Waals surface area contributed by atoms with Crippen LogP contribution >= 0.6 is 0 Å². The lowest BCUT2D eigenvalue weighted by atomic mass is 10.0. The topological polar surface area (TPSA) is 74.2 Å². The summed E-state index contributed by atoms with van der Waals surface area (Å²) in [5.74, 6) is 1.80. The van der Waals surface area contributed by atoms with Crippen LogP contribution < -0.4 is 10.5 Å². The van der Waals surface area contributed by atoms with Crippen LogP contribution in [0, 0.1) is 0 Å². The summed E-state index contributed by atoms with van der Waals surface area (Å²) in [4.78, 5) is 4.11. The molecule has 2 N–H and O–H groups in total. The number of ether oxygens (including phenoxy) is 1. The maximum atomic E-state index is 5.93. The zero-order chi connectivity index (χ0) is 14.7. The van der Waals surface area contributed by atoms with Crippen molar-refractivity contribution >= 4 is 5.82 Å². The molecule has 1 aromatic carbocycles. The first-order valence-corrected chi connectivity index (χ1v) is 6.68. The van der Waals surface area contributed by atoms with E-state index in [4.69, 9.17) is 15.0 Å². The average Bonchev–Trinajstić information content (AvgIpc) is 2.91. The Kier molecular flexibility index (Phi) is 3.55. The number of rotatable bonds is 4. The summed E-state index contributed by atoms with van der Waals surface area (Å²) < 4.78 is 10.8. The van der Waals surface area contributed by atoms with Crippen LogP contribution in [0.5, 0.6) is 5.75 Å². The van der Waals surface area contributed by atoms with Gasteiger partial charge in [-0.05, 0) is 37.3 Å². The molecule has 0 saturated heterocycles. The highest BCUT2D eigenvalue weighted by Gasteiger charge is 2.17. The molecule has 0 atom stereocenters. The Morgan fingerprint density at radius 2 is 1.95 bits per heavy atom. The van der Waals surface area contributed by atoms with Gasteiger partial charge in [-0.2, -0.15) is 0 Å². The van der Waals surface area contributed by atoms with E-state index in [0.29, 0.717) is 18.2 Å². The molecular formula is C16H15N3O2. The number of nitrogen functional groups attached to an aromatic ring is 1. The molecule has 0 aliphatic heterocycles. The molecule has 2 aromatic heterocycles. The van der Waals surface area contributed by atoms with Crippen LogP contribution in [0.3, 0.4) is 0 Å². The van der Waals surface area contributed by atoms with E-state index < -0.39 is 0 Å². The number of benzene rings is 1. The van der Waals surface area contributed by atoms with E-state index >= 15 is 0 Å². The molecule has 0 unspecified atom stereocenters. The monoisotopic (exact) mass is 281 g/mol. The second-order valence-electron chi connectivity index (χ2n) is 4.47. The molecule has 2 heterocycles. The zero-order valence-electron chi connectivity index (χ0n) is 11.6. The summed E-state index contributed by atoms with van der Waals surface area (Å²) >= 11 is 0. The Labute approximate surface area is 122 Å². The summed E-state index contributed by atoms with van der Waals surface area (Å²) in [7, 11) is 0. The predicted octanol–water partition coefficient (Wildman–Crippen LogP) is 3.38. The highest BCUT2D eigenvalue weighted by molar-refractivity contribution is 5.86. The van der Waals surface area contributed by atoms with Crippen molar-refractivity contribution in [1.29, 1.82) is 0 Å². The van der Waals surface area contributed by atoms with Crippen LogP contribution in [0.1, 0.15) is 6.92 Å². The Morgan fingerprint density at radius 3 is 2.62 bits per heavy atom. The van der Waals surface area contributed by atoms with Gasteiger partial charge in [0, 0.05) is 23.5 Å². The normalized spacial score (nSPS) is 10.5. The van der Waals surface area contributed by atoms with Gasteiger partial charge in [0.05, 0.1) is 12.2 Å². The minimum atomic E-state index is 0.354. The van der Waals surface area contributed by atoms with Gasteiger partial charge in [0.25, 0.3) is 0 Å². The predicted molar refractivity (Wildman–Crippen MR) is 80.8 cm³/mol. The molecule has 0 fully saturated rings. The number of nitrogens with two attached hydrogens (primary N) is 1. The number of hydrogen-bond donors (Lipinski definition) is 1. The number of pyridine rings is 1. The Hall–Kier alpha value is -2.82. The van der Waals surface area contributed by atoms with Crippen LogP contribution in [0.25, 0.3) is 22.5 Å². The van der Waals surface area contributed by atoms with Crippen molar-refractivity contribution in [2.75, 3.05) is 12.3 Å². The van der Waals surface area contributed by atoms with Crippen LogP contribution in [0.4, 0.5) is 5.82 Å². The van der Waals surface area contributed by atoms with E-state index in [1.54, 1.807) is 12.4 Å². The summed E-state index contributed by atoms with van der Waals surface area (Å²) in [5, 5.41) is 3.87. The van der Waals surface area contributed by atoms with Gasteiger partial charge in [-0.1, -0.05) is 11.2 Å². The van der Waals surface area contributed by atoms with E-state index in [9.17, 15) is 0 Å². The van der Waals surface area contributed by atoms with Crippen molar-refractivity contribution in [2.45, 2.75) is 6.92 Å². The molecule has 3 rings (SSSR count). The van der Waals surface area contributed by atoms with Gasteiger partial charge in [-0.25, -0.2) is 0 Å². The molecule has 0 amide bonds. The smallest absolute Gasteiger partial charge is 0.176 e. The molecule has 0 aliphatic rings. The van der Waals surface area contributed by atoms with Gasteiger partial charge in [0.2, 0.25) is 0 Å². The molecule has 0 saturated carbocycles. The van der Waals surface area contributed by atoms with Gasteiger partial charge in [0.1, 0.15) is 5.75 Å². The summed E-state index contributed by atoms with van der Waals surface area (Å²) in [6, 6.07) is 11.4. The quantitative estimate of drug-likeness (QED) is 0.793. The number of hydrogen-bond acceptors (Lipinski definition) is 5. The summed E-state index contributed by atoms with van der Waals surface area (Å²) in [5.41, 5.74) is 8.45. The average molecular weight is 281 g/mol. The molecule has 0 spiro atoms. The molecule has 5 heteroatoms. The third-order valence-electron chi connectivity index (χ3n) is 3.10. The molecule has 21 heavy (non-hydrogen) atoms. The second kappa shape index (κ2) is 5.66. The second-order valence-corrected chi connectivity index (χ2v) is 4.47. The van der Waals surface area contributed by atoms with Gasteiger partial charge in [-0.3, -0.25) is 4.98 Å². The Morgan fingerprint density at radius 1 is 1.14 bits per heavy atom. The maximum absolute atomic E-state index is 5.93. The van der Waals surface area contributed by atoms with Crippen molar-refractivity contribution in [2.24, 2.45) is 0 Å². The van der Waals surface area contributed by atoms with E-state index in [1.807, 2.05) is 43.3 Å². The number of aromatic nitrogens is 2. The van der Waals surface area contributed by atoms with Crippen LogP contribution in [-0.4, -0.2) is 16.7 Å². The van der Waals surface area contributed by atoms with Gasteiger partial charge in [0.15, 0.2) is 11.6 Å². The zero-order valence-corrected chi connectivity index (χ0v) is 11.6. The van der Waals surface area contributed by atoms with E-state index in [2.05, 4.69) is 10.1 Å². The molecule has 106 valence electrons. The first-order chi connectivity index (χ1) is 10.3. The SMILES string of the molecule is CCOc1ccc(-c2onc(N)c2-c2cccnc2)cc1. The highest BCUT2D eigenvalue weighted by Crippen LogP contribution is 2.36. The fourth-order valence-electron chi connectivity index (χ4n) is 2.16. The van der Waals surface area contributed by atoms with Crippen molar-refractivity contribution in [3.63, 3.8) is 0 Å².